The molecule has 0 unspecified atom stereocenters. The van der Waals surface area contributed by atoms with Crippen LogP contribution in [0.1, 0.15) is 68.7 Å². The molecule has 5 nitrogen and oxygen atoms in total. The summed E-state index contributed by atoms with van der Waals surface area (Å²) in [5, 5.41) is 6.89. The first-order valence-corrected chi connectivity index (χ1v) is 12.6. The van der Waals surface area contributed by atoms with E-state index >= 15 is 0 Å². The van der Waals surface area contributed by atoms with Gasteiger partial charge in [-0.3, -0.25) is 9.59 Å². The molecule has 1 N–H and O–H groups in total. The van der Waals surface area contributed by atoms with Crippen molar-refractivity contribution in [2.45, 2.75) is 65.1 Å². The van der Waals surface area contributed by atoms with Gasteiger partial charge >= 0.3 is 5.97 Å². The number of allylic oxidation sites excluding steroid dienone is 2. The Labute approximate surface area is 220 Å². The van der Waals surface area contributed by atoms with E-state index in [9.17, 15) is 4.79 Å². The van der Waals surface area contributed by atoms with Crippen molar-refractivity contribution in [1.82, 2.24) is 0 Å². The zero-order valence-electron chi connectivity index (χ0n) is 22.2. The normalized spacial score (nSPS) is 11.8. The van der Waals surface area contributed by atoms with E-state index in [1.54, 1.807) is 0 Å². The maximum absolute atomic E-state index is 12.3. The maximum atomic E-state index is 12.3. The van der Waals surface area contributed by atoms with Crippen LogP contribution in [0.2, 0.25) is 0 Å². The van der Waals surface area contributed by atoms with Gasteiger partial charge in [-0.15, -0.1) is 0 Å². The molecule has 0 aliphatic rings. The molecule has 5 heteroatoms. The molecule has 3 aromatic carbocycles. The molecule has 0 radical (unpaired) electrons. The Morgan fingerprint density at radius 2 is 1.54 bits per heavy atom. The molecule has 3 rings (SSSR count). The second-order valence-electron chi connectivity index (χ2n) is 9.30. The van der Waals surface area contributed by atoms with Gasteiger partial charge in [0, 0.05) is 6.42 Å². The summed E-state index contributed by atoms with van der Waals surface area (Å²) in [6.45, 7) is 8.39. The van der Waals surface area contributed by atoms with Crippen LogP contribution in [-0.4, -0.2) is 17.5 Å². The average Bonchev–Trinajstić information content (AvgIpc) is 2.89. The van der Waals surface area contributed by atoms with E-state index < -0.39 is 5.60 Å². The van der Waals surface area contributed by atoms with Crippen molar-refractivity contribution >= 4 is 12.4 Å². The molecular weight excluding hydrogens is 464 g/mol. The monoisotopic (exact) mass is 502 g/mol. The number of carbonyl (C=O) groups excluding carboxylic acids is 1. The molecule has 0 aliphatic heterocycles. The summed E-state index contributed by atoms with van der Waals surface area (Å²) in [5.41, 5.74) is 4.02. The van der Waals surface area contributed by atoms with E-state index in [-0.39, 0.29) is 12.4 Å². The number of benzene rings is 3. The number of rotatable bonds is 11. The van der Waals surface area contributed by atoms with Gasteiger partial charge in [-0.05, 0) is 73.9 Å². The molecule has 1 atom stereocenters. The molecule has 3 aromatic rings. The summed E-state index contributed by atoms with van der Waals surface area (Å²) >= 11 is 0. The first-order valence-electron chi connectivity index (χ1n) is 12.6. The van der Waals surface area contributed by atoms with Crippen molar-refractivity contribution < 1.29 is 24.2 Å². The average molecular weight is 503 g/mol. The minimum atomic E-state index is -0.623. The Hall–Kier alpha value is -3.86. The predicted molar refractivity (Wildman–Crippen MR) is 148 cm³/mol. The first-order chi connectivity index (χ1) is 17.8. The topological polar surface area (TPSA) is 72.8 Å². The van der Waals surface area contributed by atoms with Gasteiger partial charge in [0.2, 0.25) is 0 Å². The number of aryl methyl sites for hydroxylation is 1. The highest BCUT2D eigenvalue weighted by Gasteiger charge is 2.24. The van der Waals surface area contributed by atoms with Crippen molar-refractivity contribution in [3.63, 3.8) is 0 Å². The molecule has 0 bridgehead atoms. The summed E-state index contributed by atoms with van der Waals surface area (Å²) in [6, 6.07) is 26.6. The van der Waals surface area contributed by atoms with Crippen LogP contribution in [0.3, 0.4) is 0 Å². The minimum Gasteiger partial charge on any atom is -0.489 e. The SMILES string of the molecule is C/C=C\[C@H](C)c1ccc(COc2ccc(CCCC(=O)OC(C)(C)c3ccccc3)cc2)cc1.O=CO. The molecule has 0 aromatic heterocycles. The first kappa shape index (κ1) is 29.4. The summed E-state index contributed by atoms with van der Waals surface area (Å²) in [4.78, 5) is 20.7. The second-order valence-corrected chi connectivity index (χ2v) is 9.30. The molecule has 0 spiro atoms. The van der Waals surface area contributed by atoms with Crippen molar-refractivity contribution in [2.75, 3.05) is 0 Å². The molecule has 0 amide bonds. The number of ether oxygens (including phenoxy) is 2. The summed E-state index contributed by atoms with van der Waals surface area (Å²) in [5.74, 6) is 1.10. The summed E-state index contributed by atoms with van der Waals surface area (Å²) < 4.78 is 11.7. The van der Waals surface area contributed by atoms with Crippen molar-refractivity contribution in [2.24, 2.45) is 0 Å². The van der Waals surface area contributed by atoms with E-state index in [0.29, 0.717) is 18.9 Å². The summed E-state index contributed by atoms with van der Waals surface area (Å²) in [6.07, 6.45) is 6.26. The van der Waals surface area contributed by atoms with Crippen LogP contribution < -0.4 is 4.74 Å². The largest absolute Gasteiger partial charge is 0.489 e. The molecule has 0 saturated carbocycles. The molecule has 0 heterocycles. The Kier molecular flexibility index (Phi) is 12.1. The number of esters is 1. The van der Waals surface area contributed by atoms with E-state index in [1.165, 1.54) is 11.1 Å². The Balaban J connectivity index is 0.00000153. The number of hydrogen-bond donors (Lipinski definition) is 1. The fraction of sp³-hybridized carbons (Fsp3) is 0.312. The van der Waals surface area contributed by atoms with Crippen LogP contribution in [0, 0.1) is 0 Å². The fourth-order valence-corrected chi connectivity index (χ4v) is 3.91. The smallest absolute Gasteiger partial charge is 0.306 e. The van der Waals surface area contributed by atoms with Crippen LogP contribution in [-0.2, 0) is 33.0 Å². The quantitative estimate of drug-likeness (QED) is 0.167. The lowest BCUT2D eigenvalue weighted by Crippen LogP contribution is -2.25. The van der Waals surface area contributed by atoms with Crippen LogP contribution in [0.15, 0.2) is 91.0 Å². The minimum absolute atomic E-state index is 0.167. The summed E-state index contributed by atoms with van der Waals surface area (Å²) in [7, 11) is 0. The van der Waals surface area contributed by atoms with Gasteiger partial charge in [0.15, 0.2) is 0 Å². The lowest BCUT2D eigenvalue weighted by atomic mass is 9.98. The molecule has 37 heavy (non-hydrogen) atoms. The highest BCUT2D eigenvalue weighted by Crippen LogP contribution is 2.25. The molecule has 196 valence electrons. The standard InChI is InChI=1S/C31H36O3.CH2O2/c1-5-10-24(2)27-19-15-26(16-20-27)23-33-29-21-17-25(18-22-29)11-9-14-30(32)34-31(3,4)28-12-7-6-8-13-28;2-1-3/h5-8,10,12-13,15-22,24H,9,11,14,23H2,1-4H3;1H,(H,2,3)/b10-5-;/t24-;/m0./s1. The molecular formula is C32H38O5. The lowest BCUT2D eigenvalue weighted by Gasteiger charge is -2.25. The molecule has 0 aliphatic carbocycles. The number of carbonyl (C=O) groups is 2. The lowest BCUT2D eigenvalue weighted by molar-refractivity contribution is -0.157. The van der Waals surface area contributed by atoms with E-state index in [2.05, 4.69) is 55.5 Å². The third kappa shape index (κ3) is 10.3. The van der Waals surface area contributed by atoms with E-state index in [1.807, 2.05) is 63.2 Å². The van der Waals surface area contributed by atoms with Gasteiger partial charge in [-0.25, -0.2) is 0 Å². The van der Waals surface area contributed by atoms with Crippen LogP contribution >= 0.6 is 0 Å². The van der Waals surface area contributed by atoms with Crippen LogP contribution in [0.5, 0.6) is 5.75 Å². The molecule has 0 saturated heterocycles. The van der Waals surface area contributed by atoms with E-state index in [0.717, 1.165) is 29.7 Å². The van der Waals surface area contributed by atoms with Gasteiger partial charge in [0.1, 0.15) is 18.0 Å². The van der Waals surface area contributed by atoms with Gasteiger partial charge in [0.05, 0.1) is 0 Å². The van der Waals surface area contributed by atoms with Gasteiger partial charge in [-0.2, -0.15) is 0 Å². The zero-order chi connectivity index (χ0) is 27.1. The van der Waals surface area contributed by atoms with E-state index in [4.69, 9.17) is 19.4 Å². The number of carboxylic acid groups (broad SMARTS) is 1. The highest BCUT2D eigenvalue weighted by atomic mass is 16.6. The van der Waals surface area contributed by atoms with Crippen molar-refractivity contribution in [3.8, 4) is 5.75 Å². The van der Waals surface area contributed by atoms with Crippen LogP contribution in [0.25, 0.3) is 0 Å². The van der Waals surface area contributed by atoms with Crippen LogP contribution in [0.4, 0.5) is 0 Å². The van der Waals surface area contributed by atoms with Gasteiger partial charge in [-0.1, -0.05) is 85.8 Å². The third-order valence-electron chi connectivity index (χ3n) is 6.00. The van der Waals surface area contributed by atoms with Gasteiger partial charge < -0.3 is 14.6 Å². The predicted octanol–water partition coefficient (Wildman–Crippen LogP) is 7.45. The Bertz CT molecular complexity index is 1100. The third-order valence-corrected chi connectivity index (χ3v) is 6.00. The van der Waals surface area contributed by atoms with Crippen molar-refractivity contribution in [1.29, 1.82) is 0 Å². The molecule has 0 fully saturated rings. The Morgan fingerprint density at radius 3 is 2.14 bits per heavy atom. The number of hydrogen-bond acceptors (Lipinski definition) is 4. The fourth-order valence-electron chi connectivity index (χ4n) is 3.91. The second kappa shape index (κ2) is 15.3. The highest BCUT2D eigenvalue weighted by molar-refractivity contribution is 5.70. The maximum Gasteiger partial charge on any atom is 0.306 e. The Morgan fingerprint density at radius 1 is 0.946 bits per heavy atom. The zero-order valence-corrected chi connectivity index (χ0v) is 22.2. The van der Waals surface area contributed by atoms with Gasteiger partial charge in [0.25, 0.3) is 6.47 Å². The van der Waals surface area contributed by atoms with Crippen molar-refractivity contribution in [3.05, 3.63) is 113 Å².